The smallest absolute Gasteiger partial charge is 0.481 e. The molecule has 1 aliphatic carbocycles. The molecule has 0 aromatic heterocycles. The molecule has 0 aromatic rings. The molecule has 164 valence electrons. The lowest BCUT2D eigenvalue weighted by molar-refractivity contribution is -0.192. The van der Waals surface area contributed by atoms with Crippen molar-refractivity contribution in [3.63, 3.8) is 0 Å². The van der Waals surface area contributed by atoms with Gasteiger partial charge in [0.15, 0.2) is 0 Å². The number of aliphatic carboxylic acids is 2. The third kappa shape index (κ3) is 14.8. The zero-order chi connectivity index (χ0) is 21.8. The van der Waals surface area contributed by atoms with Crippen molar-refractivity contribution in [1.82, 2.24) is 5.32 Å². The topological polar surface area (TPSA) is 104 Å². The van der Waals surface area contributed by atoms with E-state index in [0.29, 0.717) is 30.9 Å². The van der Waals surface area contributed by atoms with E-state index < -0.39 is 24.0 Å². The summed E-state index contributed by atoms with van der Waals surface area (Å²) in [6.45, 7) is 0.479. The fourth-order valence-electron chi connectivity index (χ4n) is 2.26. The van der Waals surface area contributed by atoms with Gasteiger partial charge in [-0.25, -0.2) is 13.6 Å². The summed E-state index contributed by atoms with van der Waals surface area (Å²) in [6, 6.07) is 0. The summed E-state index contributed by atoms with van der Waals surface area (Å²) in [6.07, 6.45) is -3.84. The van der Waals surface area contributed by atoms with Crippen LogP contribution >= 0.6 is 21.6 Å². The Morgan fingerprint density at radius 2 is 1.68 bits per heavy atom. The van der Waals surface area contributed by atoms with Crippen LogP contribution < -0.4 is 5.32 Å². The normalized spacial score (nSPS) is 18.5. The molecule has 0 aromatic carbocycles. The molecule has 0 heterocycles. The minimum atomic E-state index is -5.08. The van der Waals surface area contributed by atoms with Crippen LogP contribution in [0.5, 0.6) is 0 Å². The maximum absolute atomic E-state index is 13.2. The van der Waals surface area contributed by atoms with Crippen LogP contribution in [0.15, 0.2) is 0 Å². The van der Waals surface area contributed by atoms with E-state index in [1.807, 2.05) is 0 Å². The molecule has 0 spiro atoms. The van der Waals surface area contributed by atoms with Gasteiger partial charge in [-0.2, -0.15) is 13.2 Å². The zero-order valence-corrected chi connectivity index (χ0v) is 16.4. The van der Waals surface area contributed by atoms with Gasteiger partial charge in [0.2, 0.25) is 11.8 Å². The summed E-state index contributed by atoms with van der Waals surface area (Å²) in [5, 5.41) is 18.3. The van der Waals surface area contributed by atoms with E-state index >= 15 is 0 Å². The first-order chi connectivity index (χ1) is 12.8. The highest BCUT2D eigenvalue weighted by atomic mass is 33.1. The van der Waals surface area contributed by atoms with Gasteiger partial charge >= 0.3 is 18.1 Å². The van der Waals surface area contributed by atoms with Gasteiger partial charge in [0.05, 0.1) is 6.42 Å². The first kappa shape index (κ1) is 26.8. The molecule has 1 rings (SSSR count). The van der Waals surface area contributed by atoms with Gasteiger partial charge in [0.1, 0.15) is 0 Å². The number of alkyl halides is 5. The Bertz CT molecular complexity index is 520. The van der Waals surface area contributed by atoms with E-state index in [-0.39, 0.29) is 37.5 Å². The van der Waals surface area contributed by atoms with Crippen LogP contribution in [0.25, 0.3) is 0 Å². The van der Waals surface area contributed by atoms with E-state index in [0.717, 1.165) is 0 Å². The molecule has 0 bridgehead atoms. The third-order valence-electron chi connectivity index (χ3n) is 3.45. The van der Waals surface area contributed by atoms with Crippen molar-refractivity contribution in [2.75, 3.05) is 18.1 Å². The lowest BCUT2D eigenvalue weighted by Gasteiger charge is -2.28. The Kier molecular flexibility index (Phi) is 12.5. The average Bonchev–Trinajstić information content (AvgIpc) is 2.52. The Labute approximate surface area is 166 Å². The predicted molar refractivity (Wildman–Crippen MR) is 95.4 cm³/mol. The molecule has 0 radical (unpaired) electrons. The van der Waals surface area contributed by atoms with Gasteiger partial charge in [-0.1, -0.05) is 21.6 Å². The van der Waals surface area contributed by atoms with E-state index in [2.05, 4.69) is 5.32 Å². The minimum Gasteiger partial charge on any atom is -0.481 e. The number of carbonyl (C=O) groups excluding carboxylic acids is 1. The van der Waals surface area contributed by atoms with Crippen LogP contribution in [0, 0.1) is 5.92 Å². The lowest BCUT2D eigenvalue weighted by atomic mass is 9.84. The summed E-state index contributed by atoms with van der Waals surface area (Å²) >= 11 is 0. The summed E-state index contributed by atoms with van der Waals surface area (Å²) in [5.74, 6) is -5.37. The van der Waals surface area contributed by atoms with Crippen molar-refractivity contribution in [3.05, 3.63) is 0 Å². The van der Waals surface area contributed by atoms with Crippen molar-refractivity contribution in [2.24, 2.45) is 5.92 Å². The van der Waals surface area contributed by atoms with Crippen LogP contribution in [-0.4, -0.2) is 58.2 Å². The van der Waals surface area contributed by atoms with E-state index in [9.17, 15) is 31.5 Å². The number of hydrogen-bond donors (Lipinski definition) is 3. The Balaban J connectivity index is 0.000000887. The standard InChI is InChI=1S/C13H21F2NO3S2.C2HF3O2/c14-13(15)4-1-2-10(9-13)8-11(17)16-5-7-21-20-6-3-12(18)19;3-2(4,5)1(6)7/h10H,1-9H2,(H,16,17)(H,18,19);(H,6,7). The van der Waals surface area contributed by atoms with Crippen LogP contribution in [0.1, 0.15) is 38.5 Å². The van der Waals surface area contributed by atoms with Crippen LogP contribution in [0.3, 0.4) is 0 Å². The largest absolute Gasteiger partial charge is 0.490 e. The van der Waals surface area contributed by atoms with Crippen molar-refractivity contribution in [2.45, 2.75) is 50.6 Å². The van der Waals surface area contributed by atoms with Gasteiger partial charge in [-0.3, -0.25) is 9.59 Å². The second-order valence-electron chi connectivity index (χ2n) is 5.96. The first-order valence-electron chi connectivity index (χ1n) is 8.24. The molecule has 1 aliphatic rings. The van der Waals surface area contributed by atoms with E-state index in [1.165, 1.54) is 21.6 Å². The number of nitrogens with one attached hydrogen (secondary N) is 1. The first-order valence-corrected chi connectivity index (χ1v) is 10.7. The van der Waals surface area contributed by atoms with Crippen molar-refractivity contribution >= 4 is 39.4 Å². The van der Waals surface area contributed by atoms with Crippen LogP contribution in [-0.2, 0) is 14.4 Å². The monoisotopic (exact) mass is 455 g/mol. The van der Waals surface area contributed by atoms with Gasteiger partial charge < -0.3 is 15.5 Å². The molecule has 28 heavy (non-hydrogen) atoms. The summed E-state index contributed by atoms with van der Waals surface area (Å²) < 4.78 is 58.2. The molecule has 6 nitrogen and oxygen atoms in total. The van der Waals surface area contributed by atoms with E-state index in [4.69, 9.17) is 15.0 Å². The number of halogens is 5. The maximum atomic E-state index is 13.2. The fourth-order valence-corrected chi connectivity index (χ4v) is 4.15. The van der Waals surface area contributed by atoms with Gasteiger partial charge in [0.25, 0.3) is 0 Å². The highest BCUT2D eigenvalue weighted by molar-refractivity contribution is 8.76. The molecule has 1 saturated carbocycles. The molecule has 0 aliphatic heterocycles. The number of carboxylic acid groups (broad SMARTS) is 2. The Hall–Kier alpha value is -1.24. The van der Waals surface area contributed by atoms with Crippen molar-refractivity contribution < 1.29 is 46.5 Å². The Morgan fingerprint density at radius 1 is 1.11 bits per heavy atom. The highest BCUT2D eigenvalue weighted by Gasteiger charge is 2.38. The second kappa shape index (κ2) is 13.1. The SMILES string of the molecule is O=C(O)C(F)(F)F.O=C(O)CCSSCCNC(=O)CC1CCCC(F)(F)C1. The van der Waals surface area contributed by atoms with Gasteiger partial charge in [-0.05, 0) is 18.8 Å². The van der Waals surface area contributed by atoms with Gasteiger partial charge in [0, 0.05) is 37.3 Å². The average molecular weight is 455 g/mol. The summed E-state index contributed by atoms with van der Waals surface area (Å²) in [4.78, 5) is 30.8. The molecule has 1 amide bonds. The zero-order valence-electron chi connectivity index (χ0n) is 14.8. The number of carbonyl (C=O) groups is 3. The van der Waals surface area contributed by atoms with Crippen LogP contribution in [0.4, 0.5) is 22.0 Å². The molecular weight excluding hydrogens is 433 g/mol. The van der Waals surface area contributed by atoms with Gasteiger partial charge in [-0.15, -0.1) is 0 Å². The molecule has 1 fully saturated rings. The molecular formula is C15H22F5NO5S2. The second-order valence-corrected chi connectivity index (χ2v) is 8.67. The highest BCUT2D eigenvalue weighted by Crippen LogP contribution is 2.37. The summed E-state index contributed by atoms with van der Waals surface area (Å²) in [5.41, 5.74) is 0. The quantitative estimate of drug-likeness (QED) is 0.276. The number of hydrogen-bond acceptors (Lipinski definition) is 5. The molecule has 0 saturated heterocycles. The number of amides is 1. The van der Waals surface area contributed by atoms with E-state index in [1.54, 1.807) is 0 Å². The molecule has 1 unspecified atom stereocenters. The minimum absolute atomic E-state index is 0.0602. The summed E-state index contributed by atoms with van der Waals surface area (Å²) in [7, 11) is 2.96. The molecule has 3 N–H and O–H groups in total. The maximum Gasteiger partial charge on any atom is 0.490 e. The Morgan fingerprint density at radius 3 is 2.18 bits per heavy atom. The predicted octanol–water partition coefficient (Wildman–Crippen LogP) is 3.81. The van der Waals surface area contributed by atoms with Crippen molar-refractivity contribution in [3.8, 4) is 0 Å². The number of rotatable bonds is 9. The number of carboxylic acids is 2. The lowest BCUT2D eigenvalue weighted by Crippen LogP contribution is -2.32. The molecule has 1 atom stereocenters. The fraction of sp³-hybridized carbons (Fsp3) is 0.800. The third-order valence-corrected chi connectivity index (χ3v) is 5.86. The molecule has 13 heteroatoms. The van der Waals surface area contributed by atoms with Crippen LogP contribution in [0.2, 0.25) is 0 Å². The van der Waals surface area contributed by atoms with Crippen molar-refractivity contribution in [1.29, 1.82) is 0 Å².